The van der Waals surface area contributed by atoms with E-state index < -0.39 is 43.5 Å². The number of aromatic hydroxyl groups is 1. The third-order valence-corrected chi connectivity index (χ3v) is 9.15. The van der Waals surface area contributed by atoms with Crippen molar-refractivity contribution in [3.8, 4) is 5.75 Å². The van der Waals surface area contributed by atoms with Crippen LogP contribution in [0.1, 0.15) is 0 Å². The lowest BCUT2D eigenvalue weighted by atomic mass is 10.2. The fourth-order valence-corrected chi connectivity index (χ4v) is 7.96. The second kappa shape index (κ2) is 7.36. The molecule has 1 aliphatic heterocycles. The molecule has 1 heterocycles. The van der Waals surface area contributed by atoms with E-state index in [0.29, 0.717) is 4.47 Å². The quantitative estimate of drug-likeness (QED) is 0.615. The molecule has 7 nitrogen and oxygen atoms in total. The first-order chi connectivity index (χ1) is 12.5. The highest BCUT2D eigenvalue weighted by molar-refractivity contribution is 9.11. The number of hydrogen-bond acceptors (Lipinski definition) is 6. The van der Waals surface area contributed by atoms with Gasteiger partial charge in [-0.15, -0.1) is 0 Å². The summed E-state index contributed by atoms with van der Waals surface area (Å²) in [6.45, 7) is 0. The van der Waals surface area contributed by atoms with Gasteiger partial charge in [-0.25, -0.2) is 16.8 Å². The van der Waals surface area contributed by atoms with Gasteiger partial charge in [0.15, 0.2) is 9.84 Å². The van der Waals surface area contributed by atoms with Gasteiger partial charge in [0.05, 0.1) is 29.3 Å². The first-order valence-corrected chi connectivity index (χ1v) is 12.5. The molecule has 0 saturated carbocycles. The average Bonchev–Trinajstić information content (AvgIpc) is 2.82. The molecule has 2 atom stereocenters. The van der Waals surface area contributed by atoms with Gasteiger partial charge in [0, 0.05) is 15.0 Å². The van der Waals surface area contributed by atoms with Crippen LogP contribution in [0.3, 0.4) is 0 Å². The summed E-state index contributed by atoms with van der Waals surface area (Å²) in [6.07, 6.45) is -1.39. The van der Waals surface area contributed by atoms with Crippen LogP contribution in [0.4, 0.5) is 5.69 Å². The van der Waals surface area contributed by atoms with Gasteiger partial charge in [-0.1, -0.05) is 22.0 Å². The number of aliphatic hydroxyl groups is 1. The summed E-state index contributed by atoms with van der Waals surface area (Å²) in [7, 11) is -7.88. The zero-order chi connectivity index (χ0) is 20.0. The maximum absolute atomic E-state index is 13.4. The summed E-state index contributed by atoms with van der Waals surface area (Å²) < 4.78 is 52.5. The van der Waals surface area contributed by atoms with Crippen molar-refractivity contribution in [1.29, 1.82) is 0 Å². The highest BCUT2D eigenvalue weighted by Crippen LogP contribution is 2.36. The molecular weight excluding hydrogens is 526 g/mol. The molecule has 1 saturated heterocycles. The van der Waals surface area contributed by atoms with E-state index in [9.17, 15) is 27.0 Å². The summed E-state index contributed by atoms with van der Waals surface area (Å²) in [4.78, 5) is -0.100. The molecule has 2 aromatic rings. The van der Waals surface area contributed by atoms with Crippen molar-refractivity contribution in [3.05, 3.63) is 51.4 Å². The summed E-state index contributed by atoms with van der Waals surface area (Å²) in [5.41, 5.74) is 0.0584. The van der Waals surface area contributed by atoms with Crippen molar-refractivity contribution in [1.82, 2.24) is 0 Å². The lowest BCUT2D eigenvalue weighted by molar-refractivity contribution is 0.184. The molecule has 0 aliphatic carbocycles. The Morgan fingerprint density at radius 3 is 2.37 bits per heavy atom. The number of aliphatic hydroxyl groups excluding tert-OH is 1. The van der Waals surface area contributed by atoms with Gasteiger partial charge in [-0.05, 0) is 46.3 Å². The number of sulfonamides is 1. The Bertz CT molecular complexity index is 1090. The van der Waals surface area contributed by atoms with Crippen LogP contribution in [-0.4, -0.2) is 50.7 Å². The Hall–Kier alpha value is -1.14. The van der Waals surface area contributed by atoms with Gasteiger partial charge in [-0.3, -0.25) is 4.31 Å². The van der Waals surface area contributed by atoms with Crippen molar-refractivity contribution in [3.63, 3.8) is 0 Å². The van der Waals surface area contributed by atoms with Crippen molar-refractivity contribution < 1.29 is 27.0 Å². The zero-order valence-electron chi connectivity index (χ0n) is 13.7. The molecule has 3 rings (SSSR count). The van der Waals surface area contributed by atoms with Crippen LogP contribution < -0.4 is 4.31 Å². The van der Waals surface area contributed by atoms with E-state index in [-0.39, 0.29) is 20.8 Å². The number of hydrogen-bond donors (Lipinski definition) is 2. The third kappa shape index (κ3) is 4.16. The predicted molar refractivity (Wildman–Crippen MR) is 108 cm³/mol. The summed E-state index contributed by atoms with van der Waals surface area (Å²) in [5.74, 6) is -1.23. The number of benzene rings is 2. The van der Waals surface area contributed by atoms with Gasteiger partial charge in [0.25, 0.3) is 10.0 Å². The zero-order valence-corrected chi connectivity index (χ0v) is 18.5. The number of rotatable bonds is 4. The fraction of sp³-hybridized carbons (Fsp3) is 0.250. The van der Waals surface area contributed by atoms with E-state index in [1.165, 1.54) is 30.3 Å². The minimum absolute atomic E-state index is 0.0584. The van der Waals surface area contributed by atoms with Crippen molar-refractivity contribution >= 4 is 57.4 Å². The number of anilines is 1. The first kappa shape index (κ1) is 20.6. The molecule has 0 unspecified atom stereocenters. The van der Waals surface area contributed by atoms with Gasteiger partial charge in [-0.2, -0.15) is 0 Å². The molecule has 0 radical (unpaired) electrons. The highest BCUT2D eigenvalue weighted by Gasteiger charge is 2.45. The second-order valence-corrected chi connectivity index (χ2v) is 11.8. The van der Waals surface area contributed by atoms with E-state index in [4.69, 9.17) is 0 Å². The lowest BCUT2D eigenvalue weighted by Gasteiger charge is -2.31. The normalized spacial score (nSPS) is 21.9. The first-order valence-electron chi connectivity index (χ1n) is 7.68. The molecule has 1 aliphatic rings. The molecule has 146 valence electrons. The average molecular weight is 541 g/mol. The highest BCUT2D eigenvalue weighted by atomic mass is 79.9. The lowest BCUT2D eigenvalue weighted by Crippen LogP contribution is -2.47. The Balaban J connectivity index is 2.22. The molecule has 11 heteroatoms. The molecule has 2 aromatic carbocycles. The largest absolute Gasteiger partial charge is 0.508 e. The number of nitrogens with zero attached hydrogens (tertiary/aromatic N) is 1. The van der Waals surface area contributed by atoms with Gasteiger partial charge in [0.1, 0.15) is 10.6 Å². The Morgan fingerprint density at radius 1 is 1.07 bits per heavy atom. The summed E-state index contributed by atoms with van der Waals surface area (Å²) >= 11 is 6.44. The molecule has 0 aromatic heterocycles. The van der Waals surface area contributed by atoms with Crippen LogP contribution >= 0.6 is 31.9 Å². The fourth-order valence-electron chi connectivity index (χ4n) is 2.95. The maximum Gasteiger partial charge on any atom is 0.265 e. The van der Waals surface area contributed by atoms with Crippen LogP contribution in [0.5, 0.6) is 5.75 Å². The molecule has 1 fully saturated rings. The second-order valence-electron chi connectivity index (χ2n) is 6.11. The van der Waals surface area contributed by atoms with E-state index in [0.717, 1.165) is 4.31 Å². The number of sulfone groups is 1. The molecule has 2 N–H and O–H groups in total. The smallest absolute Gasteiger partial charge is 0.265 e. The van der Waals surface area contributed by atoms with Crippen LogP contribution in [0.15, 0.2) is 56.3 Å². The van der Waals surface area contributed by atoms with E-state index in [1.807, 2.05) is 0 Å². The van der Waals surface area contributed by atoms with E-state index in [1.54, 1.807) is 12.1 Å². The SMILES string of the molecule is O=S1(=O)C[C@@H](N(c2cccc(O)c2)S(=O)(=O)c2cc(Br)ccc2Br)[C@@H](O)C1. The number of phenols is 1. The van der Waals surface area contributed by atoms with Crippen LogP contribution in [0.25, 0.3) is 0 Å². The molecule has 27 heavy (non-hydrogen) atoms. The van der Waals surface area contributed by atoms with Crippen molar-refractivity contribution in [2.45, 2.75) is 17.0 Å². The molecule has 0 bridgehead atoms. The predicted octanol–water partition coefficient (Wildman–Crippen LogP) is 2.27. The molecule has 0 spiro atoms. The summed E-state index contributed by atoms with van der Waals surface area (Å²) in [5, 5.41) is 20.1. The van der Waals surface area contributed by atoms with Crippen LogP contribution in [-0.2, 0) is 19.9 Å². The van der Waals surface area contributed by atoms with Gasteiger partial charge < -0.3 is 10.2 Å². The maximum atomic E-state index is 13.4. The van der Waals surface area contributed by atoms with Gasteiger partial charge in [0.2, 0.25) is 0 Å². The minimum atomic E-state index is -4.27. The van der Waals surface area contributed by atoms with Crippen LogP contribution in [0, 0.1) is 0 Å². The molecule has 0 amide bonds. The van der Waals surface area contributed by atoms with Crippen molar-refractivity contribution in [2.75, 3.05) is 15.8 Å². The Labute approximate surface area is 173 Å². The Morgan fingerprint density at radius 2 is 1.78 bits per heavy atom. The van der Waals surface area contributed by atoms with Crippen LogP contribution in [0.2, 0.25) is 0 Å². The van der Waals surface area contributed by atoms with E-state index in [2.05, 4.69) is 31.9 Å². The number of halogens is 2. The van der Waals surface area contributed by atoms with E-state index >= 15 is 0 Å². The van der Waals surface area contributed by atoms with Gasteiger partial charge >= 0.3 is 0 Å². The minimum Gasteiger partial charge on any atom is -0.508 e. The topological polar surface area (TPSA) is 112 Å². The Kier molecular flexibility index (Phi) is 5.61. The van der Waals surface area contributed by atoms with Crippen molar-refractivity contribution in [2.24, 2.45) is 0 Å². The third-order valence-electron chi connectivity index (χ3n) is 4.11. The monoisotopic (exact) mass is 539 g/mol. The summed E-state index contributed by atoms with van der Waals surface area (Å²) in [6, 6.07) is 8.81. The molecular formula is C16H15Br2NO6S2. The standard InChI is InChI=1S/C16H15Br2NO6S2/c17-10-4-5-13(18)16(6-10)27(24,25)19(11-2-1-3-12(20)7-11)14-8-26(22,23)9-15(14)21/h1-7,14-15,20-21H,8-9H2/t14-,15+/m1/s1. The number of phenolic OH excluding ortho intramolecular Hbond substituents is 1.